The van der Waals surface area contributed by atoms with Crippen LogP contribution in [0.4, 0.5) is 0 Å². The number of imidazole rings is 1. The summed E-state index contributed by atoms with van der Waals surface area (Å²) in [5.74, 6) is 1.23. The van der Waals surface area contributed by atoms with Gasteiger partial charge in [-0.15, -0.1) is 0 Å². The van der Waals surface area contributed by atoms with E-state index in [1.165, 1.54) is 5.82 Å². The lowest BCUT2D eigenvalue weighted by atomic mass is 10.1. The topological polar surface area (TPSA) is 39.9 Å². The molecule has 3 nitrogen and oxygen atoms in total. The molecule has 1 aromatic rings. The fraction of sp³-hybridized carbons (Fsp3) is 0.571. The van der Waals surface area contributed by atoms with Crippen LogP contribution in [0.5, 0.6) is 0 Å². The molecule has 0 spiro atoms. The summed E-state index contributed by atoms with van der Waals surface area (Å²) in [5.41, 5.74) is 0. The van der Waals surface area contributed by atoms with Gasteiger partial charge in [0.1, 0.15) is 18.9 Å². The summed E-state index contributed by atoms with van der Waals surface area (Å²) < 4.78 is 2.06. The van der Waals surface area contributed by atoms with E-state index in [9.17, 15) is 5.11 Å². The molecule has 1 atom stereocenters. The third-order valence-corrected chi connectivity index (χ3v) is 1.97. The largest absolute Gasteiger partial charge is 0.389 e. The van der Waals surface area contributed by atoms with Crippen molar-refractivity contribution in [3.63, 3.8) is 0 Å². The van der Waals surface area contributed by atoms with E-state index in [1.54, 1.807) is 0 Å². The number of hydrogen-bond acceptors (Lipinski definition) is 1. The minimum Gasteiger partial charge on any atom is -0.389 e. The Balaban J connectivity index is 2.30. The van der Waals surface area contributed by atoms with E-state index < -0.39 is 0 Å². The first kappa shape index (κ1) is 5.92. The van der Waals surface area contributed by atoms with Crippen molar-refractivity contribution in [2.45, 2.75) is 25.5 Å². The predicted molar refractivity (Wildman–Crippen MR) is 35.3 cm³/mol. The maximum absolute atomic E-state index is 9.24. The molecule has 2 rings (SSSR count). The Morgan fingerprint density at radius 2 is 2.60 bits per heavy atom. The molecule has 0 unspecified atom stereocenters. The number of nitrogens with zero attached hydrogens (tertiary/aromatic N) is 1. The van der Waals surface area contributed by atoms with E-state index in [-0.39, 0.29) is 6.10 Å². The number of fused-ring (bicyclic) bond motifs is 1. The Bertz CT molecular complexity index is 231. The molecule has 1 aliphatic heterocycles. The van der Waals surface area contributed by atoms with Crippen molar-refractivity contribution in [1.29, 1.82) is 0 Å². The fourth-order valence-electron chi connectivity index (χ4n) is 1.40. The molecule has 0 fully saturated rings. The van der Waals surface area contributed by atoms with Gasteiger partial charge in [-0.25, -0.2) is 9.55 Å². The van der Waals surface area contributed by atoms with Gasteiger partial charge in [0.25, 0.3) is 5.82 Å². The Morgan fingerprint density at radius 3 is 3.50 bits per heavy atom. The van der Waals surface area contributed by atoms with Crippen molar-refractivity contribution in [2.24, 2.45) is 0 Å². The zero-order chi connectivity index (χ0) is 6.97. The highest BCUT2D eigenvalue weighted by molar-refractivity contribution is 4.81. The Labute approximate surface area is 59.3 Å². The van der Waals surface area contributed by atoms with Gasteiger partial charge in [0, 0.05) is 0 Å². The SMILES string of the molecule is O[C@@H]1CCc2[nH]cc[n+]2C1. The first-order chi connectivity index (χ1) is 4.86. The van der Waals surface area contributed by atoms with Crippen LogP contribution in [0.15, 0.2) is 12.4 Å². The minimum atomic E-state index is -0.145. The zero-order valence-corrected chi connectivity index (χ0v) is 5.75. The highest BCUT2D eigenvalue weighted by Gasteiger charge is 2.21. The van der Waals surface area contributed by atoms with E-state index in [1.807, 2.05) is 12.4 Å². The summed E-state index contributed by atoms with van der Waals surface area (Å²) in [6.45, 7) is 0.749. The first-order valence-electron chi connectivity index (χ1n) is 3.60. The third-order valence-electron chi connectivity index (χ3n) is 1.97. The predicted octanol–water partition coefficient (Wildman–Crippen LogP) is -0.391. The van der Waals surface area contributed by atoms with Gasteiger partial charge < -0.3 is 5.11 Å². The molecular formula is C7H11N2O+. The molecule has 10 heavy (non-hydrogen) atoms. The summed E-state index contributed by atoms with van der Waals surface area (Å²) in [4.78, 5) is 3.13. The van der Waals surface area contributed by atoms with E-state index in [0.717, 1.165) is 19.4 Å². The summed E-state index contributed by atoms with van der Waals surface area (Å²) in [5, 5.41) is 9.24. The van der Waals surface area contributed by atoms with Crippen LogP contribution >= 0.6 is 0 Å². The van der Waals surface area contributed by atoms with Crippen LogP contribution in [0.2, 0.25) is 0 Å². The second-order valence-corrected chi connectivity index (χ2v) is 2.75. The molecule has 2 heterocycles. The van der Waals surface area contributed by atoms with Gasteiger partial charge in [0.05, 0.1) is 12.5 Å². The average Bonchev–Trinajstić information content (AvgIpc) is 2.33. The highest BCUT2D eigenvalue weighted by Crippen LogP contribution is 2.04. The first-order valence-corrected chi connectivity index (χ1v) is 3.60. The van der Waals surface area contributed by atoms with Crippen LogP contribution in [0, 0.1) is 0 Å². The second-order valence-electron chi connectivity index (χ2n) is 2.75. The number of aromatic amines is 1. The van der Waals surface area contributed by atoms with Crippen LogP contribution < -0.4 is 4.57 Å². The minimum absolute atomic E-state index is 0.145. The molecule has 0 amide bonds. The lowest BCUT2D eigenvalue weighted by Crippen LogP contribution is -2.45. The van der Waals surface area contributed by atoms with Crippen molar-refractivity contribution in [2.75, 3.05) is 0 Å². The second kappa shape index (κ2) is 2.09. The van der Waals surface area contributed by atoms with Crippen LogP contribution in [-0.4, -0.2) is 16.2 Å². The molecular weight excluding hydrogens is 128 g/mol. The molecule has 1 aromatic heterocycles. The molecule has 0 aromatic carbocycles. The van der Waals surface area contributed by atoms with Gasteiger partial charge in [0.2, 0.25) is 0 Å². The Hall–Kier alpha value is -0.830. The number of aliphatic hydroxyl groups is 1. The van der Waals surface area contributed by atoms with Crippen molar-refractivity contribution in [1.82, 2.24) is 4.98 Å². The van der Waals surface area contributed by atoms with Crippen molar-refractivity contribution in [3.8, 4) is 0 Å². The van der Waals surface area contributed by atoms with Gasteiger partial charge in [-0.05, 0) is 6.42 Å². The normalized spacial score (nSPS) is 24.3. The number of aromatic nitrogens is 2. The van der Waals surface area contributed by atoms with Gasteiger partial charge in [0.15, 0.2) is 0 Å². The molecule has 0 bridgehead atoms. The Kier molecular flexibility index (Phi) is 1.24. The number of aryl methyl sites for hydroxylation is 1. The maximum Gasteiger partial charge on any atom is 0.254 e. The zero-order valence-electron chi connectivity index (χ0n) is 5.75. The van der Waals surface area contributed by atoms with Gasteiger partial charge in [-0.1, -0.05) is 0 Å². The summed E-state index contributed by atoms with van der Waals surface area (Å²) in [6.07, 6.45) is 5.59. The molecule has 0 aliphatic carbocycles. The van der Waals surface area contributed by atoms with Crippen LogP contribution in [-0.2, 0) is 13.0 Å². The van der Waals surface area contributed by atoms with Gasteiger partial charge in [-0.2, -0.15) is 0 Å². The number of hydrogen-bond donors (Lipinski definition) is 2. The standard InChI is InChI=1S/C7H10N2O/c10-6-1-2-7-8-3-4-9(7)5-6/h3-4,6,10H,1-2,5H2/p+1/t6-/m1/s1. The van der Waals surface area contributed by atoms with E-state index in [4.69, 9.17) is 0 Å². The van der Waals surface area contributed by atoms with Crippen molar-refractivity contribution < 1.29 is 9.67 Å². The monoisotopic (exact) mass is 139 g/mol. The summed E-state index contributed by atoms with van der Waals surface area (Å²) in [6, 6.07) is 0. The lowest BCUT2D eigenvalue weighted by molar-refractivity contribution is -0.715. The molecule has 1 aliphatic rings. The number of nitrogens with one attached hydrogen (secondary N) is 1. The van der Waals surface area contributed by atoms with E-state index in [2.05, 4.69) is 9.55 Å². The van der Waals surface area contributed by atoms with Crippen LogP contribution in [0.3, 0.4) is 0 Å². The van der Waals surface area contributed by atoms with Crippen molar-refractivity contribution >= 4 is 0 Å². The molecule has 0 saturated heterocycles. The quantitative estimate of drug-likeness (QED) is 0.472. The smallest absolute Gasteiger partial charge is 0.254 e. The molecule has 2 N–H and O–H groups in total. The lowest BCUT2D eigenvalue weighted by Gasteiger charge is -2.12. The number of aliphatic hydroxyl groups excluding tert-OH is 1. The molecule has 3 heteroatoms. The summed E-state index contributed by atoms with van der Waals surface area (Å²) in [7, 11) is 0. The van der Waals surface area contributed by atoms with Gasteiger partial charge >= 0.3 is 0 Å². The Morgan fingerprint density at radius 1 is 1.70 bits per heavy atom. The maximum atomic E-state index is 9.24. The van der Waals surface area contributed by atoms with Gasteiger partial charge in [-0.3, -0.25) is 0 Å². The van der Waals surface area contributed by atoms with Crippen molar-refractivity contribution in [3.05, 3.63) is 18.2 Å². The average molecular weight is 139 g/mol. The number of rotatable bonds is 0. The fourth-order valence-corrected chi connectivity index (χ4v) is 1.40. The summed E-state index contributed by atoms with van der Waals surface area (Å²) >= 11 is 0. The molecule has 0 saturated carbocycles. The van der Waals surface area contributed by atoms with E-state index in [0.29, 0.717) is 0 Å². The highest BCUT2D eigenvalue weighted by atomic mass is 16.3. The molecule has 0 radical (unpaired) electrons. The van der Waals surface area contributed by atoms with E-state index >= 15 is 0 Å². The van der Waals surface area contributed by atoms with Crippen LogP contribution in [0.1, 0.15) is 12.2 Å². The molecule has 54 valence electrons. The number of H-pyrrole nitrogens is 1. The third kappa shape index (κ3) is 0.827. The van der Waals surface area contributed by atoms with Crippen LogP contribution in [0.25, 0.3) is 0 Å².